The third-order valence-electron chi connectivity index (χ3n) is 2.44. The minimum absolute atomic E-state index is 0.231. The number of nitriles is 2. The van der Waals surface area contributed by atoms with E-state index < -0.39 is 24.6 Å². The maximum absolute atomic E-state index is 12.1. The standard InChI is InChI=1S/C12H14F6N2O2/c13-11(14,15)9(7-19)21-5-3-1-2-4-6-22-10(8-20)12(16,17)18/h9-10H,1-6H2. The monoisotopic (exact) mass is 332 g/mol. The Morgan fingerprint density at radius 2 is 1.00 bits per heavy atom. The van der Waals surface area contributed by atoms with Crippen molar-refractivity contribution in [2.24, 2.45) is 0 Å². The Morgan fingerprint density at radius 3 is 1.23 bits per heavy atom. The second kappa shape index (κ2) is 9.49. The molecule has 0 amide bonds. The van der Waals surface area contributed by atoms with E-state index in [1.165, 1.54) is 0 Å². The van der Waals surface area contributed by atoms with E-state index in [0.29, 0.717) is 12.8 Å². The van der Waals surface area contributed by atoms with Crippen LogP contribution in [0.5, 0.6) is 0 Å². The van der Waals surface area contributed by atoms with Crippen molar-refractivity contribution in [2.45, 2.75) is 50.2 Å². The van der Waals surface area contributed by atoms with Gasteiger partial charge < -0.3 is 9.47 Å². The van der Waals surface area contributed by atoms with Crippen molar-refractivity contribution in [3.63, 3.8) is 0 Å². The van der Waals surface area contributed by atoms with E-state index in [9.17, 15) is 26.3 Å². The number of alkyl halides is 6. The van der Waals surface area contributed by atoms with Crippen LogP contribution in [0.25, 0.3) is 0 Å². The molecule has 0 N–H and O–H groups in total. The van der Waals surface area contributed by atoms with Crippen LogP contribution in [0.15, 0.2) is 0 Å². The fourth-order valence-corrected chi connectivity index (χ4v) is 1.37. The average Bonchev–Trinajstić information content (AvgIpc) is 2.38. The first kappa shape index (κ1) is 20.5. The molecule has 4 nitrogen and oxygen atoms in total. The summed E-state index contributed by atoms with van der Waals surface area (Å²) in [5, 5.41) is 16.5. The van der Waals surface area contributed by atoms with Gasteiger partial charge in [-0.25, -0.2) is 0 Å². The smallest absolute Gasteiger partial charge is 0.355 e. The zero-order chi connectivity index (χ0) is 17.2. The molecule has 0 saturated carbocycles. The molecule has 0 aliphatic rings. The first-order valence-corrected chi connectivity index (χ1v) is 6.28. The molecule has 0 aliphatic carbocycles. The van der Waals surface area contributed by atoms with Crippen LogP contribution in [0.4, 0.5) is 26.3 Å². The first-order chi connectivity index (χ1) is 10.1. The Labute approximate surface area is 123 Å². The zero-order valence-electron chi connectivity index (χ0n) is 11.4. The predicted molar refractivity (Wildman–Crippen MR) is 61.3 cm³/mol. The van der Waals surface area contributed by atoms with Crippen molar-refractivity contribution >= 4 is 0 Å². The van der Waals surface area contributed by atoms with Crippen LogP contribution in [-0.2, 0) is 9.47 Å². The SMILES string of the molecule is N#CC(OCCCCCCOC(C#N)C(F)(F)F)C(F)(F)F. The summed E-state index contributed by atoms with van der Waals surface area (Å²) >= 11 is 0. The van der Waals surface area contributed by atoms with Crippen molar-refractivity contribution in [1.29, 1.82) is 10.5 Å². The van der Waals surface area contributed by atoms with Gasteiger partial charge in [0.25, 0.3) is 0 Å². The summed E-state index contributed by atoms with van der Waals surface area (Å²) in [6.45, 7) is -0.552. The third-order valence-corrected chi connectivity index (χ3v) is 2.44. The Morgan fingerprint density at radius 1 is 0.682 bits per heavy atom. The lowest BCUT2D eigenvalue weighted by molar-refractivity contribution is -0.202. The fraction of sp³-hybridized carbons (Fsp3) is 0.833. The number of hydrogen-bond donors (Lipinski definition) is 0. The van der Waals surface area contributed by atoms with Crippen molar-refractivity contribution in [1.82, 2.24) is 0 Å². The molecule has 0 saturated heterocycles. The number of rotatable bonds is 9. The molecule has 0 rings (SSSR count). The summed E-state index contributed by atoms with van der Waals surface area (Å²) < 4.78 is 81.4. The maximum Gasteiger partial charge on any atom is 0.428 e. The topological polar surface area (TPSA) is 66.0 Å². The second-order valence-corrected chi connectivity index (χ2v) is 4.26. The molecule has 0 aliphatic heterocycles. The van der Waals surface area contributed by atoms with Gasteiger partial charge in [0, 0.05) is 13.2 Å². The third kappa shape index (κ3) is 8.70. The van der Waals surface area contributed by atoms with Gasteiger partial charge >= 0.3 is 12.4 Å². The van der Waals surface area contributed by atoms with Crippen LogP contribution in [0.1, 0.15) is 25.7 Å². The van der Waals surface area contributed by atoms with Crippen LogP contribution in [0.3, 0.4) is 0 Å². The Hall–Kier alpha value is -1.52. The molecule has 2 atom stereocenters. The van der Waals surface area contributed by atoms with E-state index >= 15 is 0 Å². The molecule has 0 radical (unpaired) electrons. The summed E-state index contributed by atoms with van der Waals surface area (Å²) in [5.74, 6) is 0. The molecule has 0 aromatic rings. The van der Waals surface area contributed by atoms with E-state index in [4.69, 9.17) is 10.5 Å². The summed E-state index contributed by atoms with van der Waals surface area (Å²) in [6, 6.07) is 1.96. The summed E-state index contributed by atoms with van der Waals surface area (Å²) in [4.78, 5) is 0. The lowest BCUT2D eigenvalue weighted by Crippen LogP contribution is -2.30. The maximum atomic E-state index is 12.1. The molecule has 0 heterocycles. The van der Waals surface area contributed by atoms with Gasteiger partial charge in [0.2, 0.25) is 12.2 Å². The normalized spacial score (nSPS) is 14.9. The van der Waals surface area contributed by atoms with Gasteiger partial charge in [-0.3, -0.25) is 0 Å². The highest BCUT2D eigenvalue weighted by Crippen LogP contribution is 2.23. The Bertz CT molecular complexity index is 358. The minimum atomic E-state index is -4.74. The van der Waals surface area contributed by atoms with Gasteiger partial charge in [-0.15, -0.1) is 0 Å². The summed E-state index contributed by atoms with van der Waals surface area (Å²) in [5.41, 5.74) is 0. The largest absolute Gasteiger partial charge is 0.428 e. The van der Waals surface area contributed by atoms with E-state index in [0.717, 1.165) is 12.1 Å². The van der Waals surface area contributed by atoms with E-state index in [1.54, 1.807) is 0 Å². The number of halogens is 6. The number of unbranched alkanes of at least 4 members (excludes halogenated alkanes) is 3. The molecule has 0 spiro atoms. The number of hydrogen-bond acceptors (Lipinski definition) is 4. The fourth-order valence-electron chi connectivity index (χ4n) is 1.37. The van der Waals surface area contributed by atoms with Gasteiger partial charge in [0.05, 0.1) is 0 Å². The molecule has 22 heavy (non-hydrogen) atoms. The van der Waals surface area contributed by atoms with Gasteiger partial charge in [-0.05, 0) is 12.8 Å². The Balaban J connectivity index is 3.68. The minimum Gasteiger partial charge on any atom is -0.355 e. The van der Waals surface area contributed by atoms with Crippen molar-refractivity contribution in [2.75, 3.05) is 13.2 Å². The van der Waals surface area contributed by atoms with Gasteiger partial charge in [-0.2, -0.15) is 36.9 Å². The summed E-state index contributed by atoms with van der Waals surface area (Å²) in [6.07, 6.45) is -13.2. The lowest BCUT2D eigenvalue weighted by atomic mass is 10.2. The van der Waals surface area contributed by atoms with Crippen molar-refractivity contribution in [3.8, 4) is 12.1 Å². The Kier molecular flexibility index (Phi) is 8.83. The average molecular weight is 332 g/mol. The van der Waals surface area contributed by atoms with Crippen LogP contribution in [-0.4, -0.2) is 37.8 Å². The zero-order valence-corrected chi connectivity index (χ0v) is 11.4. The molecular weight excluding hydrogens is 318 g/mol. The van der Waals surface area contributed by atoms with Crippen molar-refractivity contribution < 1.29 is 35.8 Å². The highest BCUT2D eigenvalue weighted by atomic mass is 19.4. The molecule has 2 unspecified atom stereocenters. The van der Waals surface area contributed by atoms with Gasteiger partial charge in [0.1, 0.15) is 12.1 Å². The molecule has 10 heteroatoms. The van der Waals surface area contributed by atoms with Crippen molar-refractivity contribution in [3.05, 3.63) is 0 Å². The molecule has 0 aromatic carbocycles. The van der Waals surface area contributed by atoms with Gasteiger partial charge in [-0.1, -0.05) is 12.8 Å². The van der Waals surface area contributed by atoms with Gasteiger partial charge in [0.15, 0.2) is 0 Å². The molecule has 0 aromatic heterocycles. The lowest BCUT2D eigenvalue weighted by Gasteiger charge is -2.14. The van der Waals surface area contributed by atoms with Crippen LogP contribution >= 0.6 is 0 Å². The summed E-state index contributed by atoms with van der Waals surface area (Å²) in [7, 11) is 0. The molecule has 126 valence electrons. The number of nitrogens with zero attached hydrogens (tertiary/aromatic N) is 2. The quantitative estimate of drug-likeness (QED) is 0.479. The highest BCUT2D eigenvalue weighted by molar-refractivity contribution is 4.90. The van der Waals surface area contributed by atoms with E-state index in [1.807, 2.05) is 0 Å². The predicted octanol–water partition coefficient (Wildman–Crippen LogP) is 3.49. The highest BCUT2D eigenvalue weighted by Gasteiger charge is 2.41. The van der Waals surface area contributed by atoms with E-state index in [-0.39, 0.29) is 26.1 Å². The first-order valence-electron chi connectivity index (χ1n) is 6.28. The van der Waals surface area contributed by atoms with Crippen LogP contribution < -0.4 is 0 Å². The second-order valence-electron chi connectivity index (χ2n) is 4.26. The van der Waals surface area contributed by atoms with E-state index in [2.05, 4.69) is 9.47 Å². The molecular formula is C12H14F6N2O2. The number of ether oxygens (including phenoxy) is 2. The molecule has 0 bridgehead atoms. The molecule has 0 fully saturated rings. The van der Waals surface area contributed by atoms with Crippen LogP contribution in [0.2, 0.25) is 0 Å². The van der Waals surface area contributed by atoms with Crippen LogP contribution in [0, 0.1) is 22.7 Å².